The third-order valence-electron chi connectivity index (χ3n) is 9.91. The molecule has 0 bridgehead atoms. The van der Waals surface area contributed by atoms with Crippen molar-refractivity contribution in [2.24, 2.45) is 5.41 Å². The van der Waals surface area contributed by atoms with Crippen molar-refractivity contribution >= 4 is 5.97 Å². The van der Waals surface area contributed by atoms with Gasteiger partial charge in [-0.05, 0) is 63.5 Å². The van der Waals surface area contributed by atoms with Gasteiger partial charge in [0.25, 0.3) is 0 Å². The minimum absolute atomic E-state index is 0.0676. The van der Waals surface area contributed by atoms with Gasteiger partial charge in [-0.2, -0.15) is 0 Å². The van der Waals surface area contributed by atoms with Gasteiger partial charge in [0.15, 0.2) is 0 Å². The zero-order valence-electron chi connectivity index (χ0n) is 31.7. The van der Waals surface area contributed by atoms with Crippen molar-refractivity contribution in [3.05, 3.63) is 58.7 Å². The molecular weight excluding hydrogens is 560 g/mol. The summed E-state index contributed by atoms with van der Waals surface area (Å²) < 4.78 is 5.44. The first-order chi connectivity index (χ1) is 22.3. The van der Waals surface area contributed by atoms with Crippen LogP contribution in [-0.4, -0.2) is 12.6 Å². The Morgan fingerprint density at radius 2 is 1.17 bits per heavy atom. The van der Waals surface area contributed by atoms with Crippen molar-refractivity contribution in [1.29, 1.82) is 0 Å². The lowest BCUT2D eigenvalue weighted by Gasteiger charge is -2.32. The Labute approximate surface area is 287 Å². The molecule has 0 heterocycles. The van der Waals surface area contributed by atoms with Crippen LogP contribution >= 0.6 is 0 Å². The average Bonchev–Trinajstić information content (AvgIpc) is 3.01. The van der Waals surface area contributed by atoms with Crippen molar-refractivity contribution in [2.45, 2.75) is 202 Å². The van der Waals surface area contributed by atoms with Crippen LogP contribution in [0.3, 0.4) is 0 Å². The topological polar surface area (TPSA) is 26.3 Å². The van der Waals surface area contributed by atoms with Gasteiger partial charge in [0.1, 0.15) is 6.61 Å². The summed E-state index contributed by atoms with van der Waals surface area (Å²) in [4.78, 5) is 12.1. The van der Waals surface area contributed by atoms with Crippen LogP contribution in [0.5, 0.6) is 0 Å². The fourth-order valence-corrected chi connectivity index (χ4v) is 6.74. The Morgan fingerprint density at radius 1 is 0.696 bits per heavy atom. The number of unbranched alkanes of at least 4 members (excludes halogenated alkanes) is 20. The summed E-state index contributed by atoms with van der Waals surface area (Å²) in [6, 6.07) is 0. The van der Waals surface area contributed by atoms with Crippen LogP contribution in [0.25, 0.3) is 0 Å². The van der Waals surface area contributed by atoms with Gasteiger partial charge < -0.3 is 4.74 Å². The Kier molecular flexibility index (Phi) is 25.9. The van der Waals surface area contributed by atoms with Crippen LogP contribution < -0.4 is 0 Å². The lowest BCUT2D eigenvalue weighted by atomic mass is 9.72. The number of carbonyl (C=O) groups excluding carboxylic acids is 1. The number of hydrogen-bond donors (Lipinski definition) is 0. The summed E-state index contributed by atoms with van der Waals surface area (Å²) in [7, 11) is 0. The Hall–Kier alpha value is -1.83. The number of allylic oxidation sites excluding steroid dienone is 9. The molecule has 2 heteroatoms. The van der Waals surface area contributed by atoms with E-state index in [1.54, 1.807) is 0 Å². The molecule has 0 aromatic rings. The molecule has 1 aliphatic carbocycles. The van der Waals surface area contributed by atoms with Crippen molar-refractivity contribution < 1.29 is 9.53 Å². The maximum atomic E-state index is 12.1. The van der Waals surface area contributed by atoms with Gasteiger partial charge >= 0.3 is 5.97 Å². The number of hydrogen-bond acceptors (Lipinski definition) is 2. The van der Waals surface area contributed by atoms with Crippen molar-refractivity contribution in [2.75, 3.05) is 6.61 Å². The third kappa shape index (κ3) is 23.5. The molecule has 0 radical (unpaired) electrons. The van der Waals surface area contributed by atoms with E-state index in [1.165, 1.54) is 158 Å². The summed E-state index contributed by atoms with van der Waals surface area (Å²) in [6.45, 7) is 13.9. The monoisotopic (exact) mass is 637 g/mol. The van der Waals surface area contributed by atoms with Gasteiger partial charge in [-0.25, -0.2) is 0 Å². The van der Waals surface area contributed by atoms with Crippen LogP contribution in [0.1, 0.15) is 202 Å². The van der Waals surface area contributed by atoms with E-state index in [-0.39, 0.29) is 11.4 Å². The molecule has 0 fully saturated rings. The summed E-state index contributed by atoms with van der Waals surface area (Å²) in [5.74, 6) is -0.0676. The van der Waals surface area contributed by atoms with Gasteiger partial charge in [-0.15, -0.1) is 0 Å². The fourth-order valence-electron chi connectivity index (χ4n) is 6.74. The standard InChI is InChI=1S/C44H76O2/c1-7-8-9-10-11-12-13-14-15-16-17-18-19-20-21-22-23-24-25-26-27-33-43(45)46-38-36-40(3)31-28-30-39(2)34-35-42-41(4)32-29-37-44(42,5)6/h28,30-31,34-36H,7-27,29,32-33,37-38H2,1-6H3/b31-28+,35-34+,39-30+,40-36+. The number of esters is 1. The van der Waals surface area contributed by atoms with Crippen LogP contribution in [0, 0.1) is 5.41 Å². The average molecular weight is 637 g/mol. The zero-order chi connectivity index (χ0) is 33.7. The van der Waals surface area contributed by atoms with Gasteiger partial charge in [0, 0.05) is 6.42 Å². The predicted octanol–water partition coefficient (Wildman–Crippen LogP) is 14.7. The normalized spacial score (nSPS) is 15.9. The summed E-state index contributed by atoms with van der Waals surface area (Å²) in [5, 5.41) is 0. The van der Waals surface area contributed by atoms with Crippen LogP contribution in [0.4, 0.5) is 0 Å². The smallest absolute Gasteiger partial charge is 0.306 e. The molecule has 0 N–H and O–H groups in total. The Balaban J connectivity index is 1.96. The molecule has 0 saturated heterocycles. The highest BCUT2D eigenvalue weighted by molar-refractivity contribution is 5.69. The second-order valence-electron chi connectivity index (χ2n) is 15.0. The molecule has 0 unspecified atom stereocenters. The molecule has 0 spiro atoms. The molecule has 46 heavy (non-hydrogen) atoms. The van der Waals surface area contributed by atoms with Crippen LogP contribution in [0.2, 0.25) is 0 Å². The highest BCUT2D eigenvalue weighted by atomic mass is 16.5. The van der Waals surface area contributed by atoms with E-state index in [0.717, 1.165) is 18.4 Å². The van der Waals surface area contributed by atoms with Gasteiger partial charge in [0.05, 0.1) is 0 Å². The van der Waals surface area contributed by atoms with E-state index in [0.29, 0.717) is 13.0 Å². The van der Waals surface area contributed by atoms with Crippen LogP contribution in [0.15, 0.2) is 58.7 Å². The Bertz CT molecular complexity index is 926. The van der Waals surface area contributed by atoms with Gasteiger partial charge in [-0.3, -0.25) is 4.79 Å². The molecule has 2 nitrogen and oxygen atoms in total. The first-order valence-electron chi connectivity index (χ1n) is 19.8. The van der Waals surface area contributed by atoms with E-state index in [2.05, 4.69) is 71.9 Å². The van der Waals surface area contributed by atoms with E-state index in [4.69, 9.17) is 4.74 Å². The SMILES string of the molecule is CCCCCCCCCCCCCCCCCCCCCCCC(=O)OC/C=C(C)/C=C/C=C(C)/C=C/C1=C(C)CCCC1(C)C. The van der Waals surface area contributed by atoms with E-state index < -0.39 is 0 Å². The minimum Gasteiger partial charge on any atom is -0.461 e. The van der Waals surface area contributed by atoms with Crippen molar-refractivity contribution in [3.63, 3.8) is 0 Å². The zero-order valence-corrected chi connectivity index (χ0v) is 31.7. The number of carbonyl (C=O) groups is 1. The molecule has 0 aliphatic heterocycles. The molecule has 0 aromatic carbocycles. The van der Waals surface area contributed by atoms with Gasteiger partial charge in [-0.1, -0.05) is 196 Å². The first kappa shape index (κ1) is 42.2. The molecule has 0 atom stereocenters. The van der Waals surface area contributed by atoms with Crippen LogP contribution in [-0.2, 0) is 9.53 Å². The van der Waals surface area contributed by atoms with E-state index in [9.17, 15) is 4.79 Å². The molecule has 1 rings (SSSR count). The Morgan fingerprint density at radius 3 is 1.65 bits per heavy atom. The predicted molar refractivity (Wildman–Crippen MR) is 204 cm³/mol. The number of ether oxygens (including phenoxy) is 1. The lowest BCUT2D eigenvalue weighted by Crippen LogP contribution is -2.19. The first-order valence-corrected chi connectivity index (χ1v) is 19.8. The van der Waals surface area contributed by atoms with E-state index in [1.807, 2.05) is 6.08 Å². The molecule has 0 amide bonds. The largest absolute Gasteiger partial charge is 0.461 e. The highest BCUT2D eigenvalue weighted by Crippen LogP contribution is 2.40. The molecule has 0 saturated carbocycles. The molecule has 264 valence electrons. The number of rotatable bonds is 28. The third-order valence-corrected chi connectivity index (χ3v) is 9.91. The molecule has 0 aromatic heterocycles. The van der Waals surface area contributed by atoms with Crippen molar-refractivity contribution in [1.82, 2.24) is 0 Å². The maximum Gasteiger partial charge on any atom is 0.306 e. The van der Waals surface area contributed by atoms with Crippen molar-refractivity contribution in [3.8, 4) is 0 Å². The summed E-state index contributed by atoms with van der Waals surface area (Å²) in [5.41, 5.74) is 5.66. The second kappa shape index (κ2) is 28.2. The summed E-state index contributed by atoms with van der Waals surface area (Å²) >= 11 is 0. The van der Waals surface area contributed by atoms with Gasteiger partial charge in [0.2, 0.25) is 0 Å². The summed E-state index contributed by atoms with van der Waals surface area (Å²) in [6.07, 6.45) is 46.1. The maximum absolute atomic E-state index is 12.1. The fraction of sp³-hybridized carbons (Fsp3) is 0.750. The highest BCUT2D eigenvalue weighted by Gasteiger charge is 2.26. The molecular formula is C44H76O2. The lowest BCUT2D eigenvalue weighted by molar-refractivity contribution is -0.142. The van der Waals surface area contributed by atoms with E-state index >= 15 is 0 Å². The molecule has 1 aliphatic rings. The second-order valence-corrected chi connectivity index (χ2v) is 15.0. The quantitative estimate of drug-likeness (QED) is 0.0485. The minimum atomic E-state index is -0.0676.